The Hall–Kier alpha value is -1.89. The first-order chi connectivity index (χ1) is 8.56. The topological polar surface area (TPSA) is 84.7 Å². The summed E-state index contributed by atoms with van der Waals surface area (Å²) in [6.07, 6.45) is 2.63. The van der Waals surface area contributed by atoms with Crippen LogP contribution in [0.1, 0.15) is 16.8 Å². The Morgan fingerprint density at radius 3 is 3.00 bits per heavy atom. The molecule has 1 aromatic rings. The minimum Gasteiger partial charge on any atom is -0.481 e. The van der Waals surface area contributed by atoms with Crippen molar-refractivity contribution >= 4 is 11.9 Å². The monoisotopic (exact) mass is 253 g/mol. The number of hydrogen-bond donors (Lipinski definition) is 1. The van der Waals surface area contributed by atoms with Crippen LogP contribution in [0.2, 0.25) is 0 Å². The maximum atomic E-state index is 12.1. The van der Waals surface area contributed by atoms with Crippen molar-refractivity contribution < 1.29 is 19.4 Å². The third kappa shape index (κ3) is 2.86. The fourth-order valence-electron chi connectivity index (χ4n) is 1.94. The van der Waals surface area contributed by atoms with E-state index in [2.05, 4.69) is 5.10 Å². The number of carboxylic acid groups (broad SMARTS) is 1. The summed E-state index contributed by atoms with van der Waals surface area (Å²) < 4.78 is 6.87. The highest BCUT2D eigenvalue weighted by molar-refractivity contribution is 5.93. The van der Waals surface area contributed by atoms with Crippen LogP contribution in [0.3, 0.4) is 0 Å². The summed E-state index contributed by atoms with van der Waals surface area (Å²) in [5, 5.41) is 12.7. The highest BCUT2D eigenvalue weighted by atomic mass is 16.5. The second-order valence-corrected chi connectivity index (χ2v) is 4.24. The molecule has 0 spiro atoms. The van der Waals surface area contributed by atoms with E-state index in [4.69, 9.17) is 9.84 Å². The number of aliphatic carboxylic acids is 1. The molecule has 1 saturated heterocycles. The van der Waals surface area contributed by atoms with Gasteiger partial charge >= 0.3 is 5.97 Å². The van der Waals surface area contributed by atoms with Crippen molar-refractivity contribution in [3.8, 4) is 0 Å². The summed E-state index contributed by atoms with van der Waals surface area (Å²) >= 11 is 0. The molecule has 1 aliphatic heterocycles. The molecule has 0 aliphatic carbocycles. The van der Waals surface area contributed by atoms with Gasteiger partial charge in [-0.25, -0.2) is 0 Å². The average molecular weight is 253 g/mol. The van der Waals surface area contributed by atoms with E-state index in [9.17, 15) is 9.59 Å². The summed E-state index contributed by atoms with van der Waals surface area (Å²) in [4.78, 5) is 24.3. The molecule has 1 unspecified atom stereocenters. The van der Waals surface area contributed by atoms with Crippen LogP contribution >= 0.6 is 0 Å². The summed E-state index contributed by atoms with van der Waals surface area (Å²) in [6, 6.07) is 0. The molecule has 2 heterocycles. The Balaban J connectivity index is 2.00. The minimum atomic E-state index is -0.921. The molecule has 1 atom stereocenters. The summed E-state index contributed by atoms with van der Waals surface area (Å²) in [6.45, 7) is 1.15. The van der Waals surface area contributed by atoms with E-state index in [0.717, 1.165) is 0 Å². The van der Waals surface area contributed by atoms with Gasteiger partial charge in [0.1, 0.15) is 0 Å². The van der Waals surface area contributed by atoms with Gasteiger partial charge in [0.05, 0.1) is 30.9 Å². The van der Waals surface area contributed by atoms with Crippen LogP contribution in [-0.4, -0.2) is 57.5 Å². The normalized spacial score (nSPS) is 19.8. The highest BCUT2D eigenvalue weighted by Crippen LogP contribution is 2.12. The zero-order valence-electron chi connectivity index (χ0n) is 10.1. The molecular weight excluding hydrogens is 238 g/mol. The molecule has 98 valence electrons. The smallest absolute Gasteiger partial charge is 0.306 e. The van der Waals surface area contributed by atoms with Crippen LogP contribution in [0.25, 0.3) is 0 Å². The second-order valence-electron chi connectivity index (χ2n) is 4.24. The molecule has 1 amide bonds. The van der Waals surface area contributed by atoms with Crippen LogP contribution in [0.15, 0.2) is 12.4 Å². The third-order valence-electron chi connectivity index (χ3n) is 2.78. The number of hydrogen-bond acceptors (Lipinski definition) is 4. The summed E-state index contributed by atoms with van der Waals surface area (Å²) in [5.41, 5.74) is 0.508. The number of aromatic nitrogens is 2. The van der Waals surface area contributed by atoms with E-state index in [1.807, 2.05) is 0 Å². The first kappa shape index (κ1) is 12.6. The minimum absolute atomic E-state index is 0.0865. The molecule has 7 nitrogen and oxygen atoms in total. The van der Waals surface area contributed by atoms with Gasteiger partial charge in [0, 0.05) is 26.3 Å². The highest BCUT2D eigenvalue weighted by Gasteiger charge is 2.27. The van der Waals surface area contributed by atoms with Crippen molar-refractivity contribution in [2.45, 2.75) is 12.5 Å². The molecule has 18 heavy (non-hydrogen) atoms. The molecule has 0 bridgehead atoms. The van der Waals surface area contributed by atoms with Gasteiger partial charge < -0.3 is 14.7 Å². The van der Waals surface area contributed by atoms with Crippen LogP contribution in [0, 0.1) is 0 Å². The Bertz CT molecular complexity index is 457. The molecular formula is C11H15N3O4. The first-order valence-electron chi connectivity index (χ1n) is 5.67. The molecule has 7 heteroatoms. The molecule has 1 aromatic heterocycles. The lowest BCUT2D eigenvalue weighted by Gasteiger charge is -2.32. The Labute approximate surface area is 104 Å². The summed E-state index contributed by atoms with van der Waals surface area (Å²) in [5.74, 6) is -1.06. The van der Waals surface area contributed by atoms with Crippen molar-refractivity contribution in [1.29, 1.82) is 0 Å². The number of ether oxygens (including phenoxy) is 1. The lowest BCUT2D eigenvalue weighted by Crippen LogP contribution is -2.46. The van der Waals surface area contributed by atoms with Crippen LogP contribution < -0.4 is 0 Å². The predicted molar refractivity (Wildman–Crippen MR) is 61.1 cm³/mol. The zero-order valence-corrected chi connectivity index (χ0v) is 10.1. The van der Waals surface area contributed by atoms with Crippen molar-refractivity contribution in [3.63, 3.8) is 0 Å². The van der Waals surface area contributed by atoms with Gasteiger partial charge in [-0.1, -0.05) is 0 Å². The lowest BCUT2D eigenvalue weighted by atomic mass is 10.2. The van der Waals surface area contributed by atoms with E-state index in [1.54, 1.807) is 22.8 Å². The molecule has 1 N–H and O–H groups in total. The van der Waals surface area contributed by atoms with Gasteiger partial charge in [0.25, 0.3) is 5.91 Å². The molecule has 0 radical (unpaired) electrons. The van der Waals surface area contributed by atoms with Crippen molar-refractivity contribution in [2.75, 3.05) is 19.7 Å². The van der Waals surface area contributed by atoms with E-state index in [1.165, 1.54) is 6.20 Å². The van der Waals surface area contributed by atoms with Gasteiger partial charge in [0.2, 0.25) is 0 Å². The molecule has 0 saturated carbocycles. The average Bonchev–Trinajstić information content (AvgIpc) is 2.74. The number of carboxylic acids is 1. The van der Waals surface area contributed by atoms with Crippen LogP contribution in [0.4, 0.5) is 0 Å². The number of carbonyl (C=O) groups is 2. The number of amides is 1. The van der Waals surface area contributed by atoms with Gasteiger partial charge in [-0.3, -0.25) is 14.3 Å². The molecule has 2 rings (SSSR count). The number of rotatable bonds is 3. The number of morpholine rings is 1. The fourth-order valence-corrected chi connectivity index (χ4v) is 1.94. The van der Waals surface area contributed by atoms with Crippen molar-refractivity contribution in [2.24, 2.45) is 7.05 Å². The maximum Gasteiger partial charge on any atom is 0.306 e. The van der Waals surface area contributed by atoms with E-state index in [0.29, 0.717) is 25.3 Å². The SMILES string of the molecule is Cn1cc(C(=O)N2CCOC(CC(=O)O)C2)cn1. The first-order valence-corrected chi connectivity index (χ1v) is 5.67. The number of aryl methyl sites for hydroxylation is 1. The largest absolute Gasteiger partial charge is 0.481 e. The number of carbonyl (C=O) groups excluding carboxylic acids is 1. The Morgan fingerprint density at radius 1 is 1.61 bits per heavy atom. The van der Waals surface area contributed by atoms with Crippen LogP contribution in [0.5, 0.6) is 0 Å². The quantitative estimate of drug-likeness (QED) is 0.802. The van der Waals surface area contributed by atoms with Crippen LogP contribution in [-0.2, 0) is 16.6 Å². The van der Waals surface area contributed by atoms with Gasteiger partial charge in [-0.05, 0) is 0 Å². The molecule has 1 fully saturated rings. The number of nitrogens with zero attached hydrogens (tertiary/aromatic N) is 3. The van der Waals surface area contributed by atoms with E-state index < -0.39 is 12.1 Å². The Morgan fingerprint density at radius 2 is 2.39 bits per heavy atom. The predicted octanol–water partition coefficient (Wildman–Crippen LogP) is -0.264. The van der Waals surface area contributed by atoms with Crippen molar-refractivity contribution in [1.82, 2.24) is 14.7 Å². The molecule has 1 aliphatic rings. The standard InChI is InChI=1S/C11H15N3O4/c1-13-6-8(5-12-13)11(17)14-2-3-18-9(7-14)4-10(15)16/h5-6,9H,2-4,7H2,1H3,(H,15,16). The molecule has 0 aromatic carbocycles. The maximum absolute atomic E-state index is 12.1. The van der Waals surface area contributed by atoms with Gasteiger partial charge in [-0.2, -0.15) is 5.10 Å². The zero-order chi connectivity index (χ0) is 13.1. The fraction of sp³-hybridized carbons (Fsp3) is 0.545. The van der Waals surface area contributed by atoms with Crippen molar-refractivity contribution in [3.05, 3.63) is 18.0 Å². The van der Waals surface area contributed by atoms with Gasteiger partial charge in [0.15, 0.2) is 0 Å². The summed E-state index contributed by atoms with van der Waals surface area (Å²) in [7, 11) is 1.74. The van der Waals surface area contributed by atoms with E-state index in [-0.39, 0.29) is 12.3 Å². The van der Waals surface area contributed by atoms with E-state index >= 15 is 0 Å². The second kappa shape index (κ2) is 5.18. The third-order valence-corrected chi connectivity index (χ3v) is 2.78. The lowest BCUT2D eigenvalue weighted by molar-refractivity contribution is -0.141. The Kier molecular flexibility index (Phi) is 3.61. The van der Waals surface area contributed by atoms with Gasteiger partial charge in [-0.15, -0.1) is 0 Å².